The van der Waals surface area contributed by atoms with Gasteiger partial charge in [-0.25, -0.2) is 9.97 Å². The summed E-state index contributed by atoms with van der Waals surface area (Å²) in [4.78, 5) is 20.2. The maximum absolute atomic E-state index is 10.9. The van der Waals surface area contributed by atoms with E-state index in [4.69, 9.17) is 4.98 Å². The number of carbonyl (C=O) groups excluding carboxylic acids is 1. The Morgan fingerprint density at radius 1 is 0.926 bits per heavy atom. The summed E-state index contributed by atoms with van der Waals surface area (Å²) in [6.07, 6.45) is 0. The minimum atomic E-state index is -1.21. The van der Waals surface area contributed by atoms with Gasteiger partial charge in [0.15, 0.2) is 0 Å². The number of nitrogens with zero attached hydrogens (tertiary/aromatic N) is 2. The Morgan fingerprint density at radius 2 is 1.67 bits per heavy atom. The molecule has 4 aromatic rings. The van der Waals surface area contributed by atoms with Crippen molar-refractivity contribution in [3.8, 4) is 11.3 Å². The van der Waals surface area contributed by atoms with Gasteiger partial charge in [-0.3, -0.25) is 0 Å². The summed E-state index contributed by atoms with van der Waals surface area (Å²) in [6, 6.07) is 22.0. The fraction of sp³-hybridized carbons (Fsp3) is 0. The van der Waals surface area contributed by atoms with E-state index in [-0.39, 0.29) is 5.56 Å². The molecule has 0 saturated heterocycles. The van der Waals surface area contributed by atoms with Crippen molar-refractivity contribution in [2.24, 2.45) is 0 Å². The molecule has 1 heterocycles. The summed E-state index contributed by atoms with van der Waals surface area (Å²) in [5.74, 6) is -0.773. The average molecular weight is 419 g/mol. The predicted octanol–water partition coefficient (Wildman–Crippen LogP) is 4.17. The number of nitrogens with one attached hydrogen (secondary N) is 1. The van der Waals surface area contributed by atoms with Crippen molar-refractivity contribution in [2.75, 3.05) is 5.32 Å². The van der Waals surface area contributed by atoms with Gasteiger partial charge in [0.05, 0.1) is 17.2 Å². The molecule has 4 rings (SSSR count). The Labute approximate surface area is 163 Å². The lowest BCUT2D eigenvalue weighted by Crippen LogP contribution is -2.21. The molecule has 0 saturated carbocycles. The number of carboxylic acids is 1. The van der Waals surface area contributed by atoms with E-state index in [1.807, 2.05) is 48.5 Å². The molecule has 0 aliphatic carbocycles. The average Bonchev–Trinajstić information content (AvgIpc) is 2.69. The van der Waals surface area contributed by atoms with Gasteiger partial charge in [0.2, 0.25) is 5.95 Å². The lowest BCUT2D eigenvalue weighted by Gasteiger charge is -2.11. The lowest BCUT2D eigenvalue weighted by atomic mass is 10.1. The molecule has 0 spiro atoms. The monoisotopic (exact) mass is 418 g/mol. The standard InChI is InChI=1S/C21H14BrN3O2/c22-15-8-11-18-17(12-15)19(13-4-2-1-3-5-13)25-21(24-18)23-16-9-6-14(7-10-16)20(26)27/h1-12H,(H,26,27)(H,23,24,25)/p-1. The minimum Gasteiger partial charge on any atom is -0.545 e. The van der Waals surface area contributed by atoms with Gasteiger partial charge in [-0.2, -0.15) is 0 Å². The van der Waals surface area contributed by atoms with E-state index in [0.29, 0.717) is 11.6 Å². The van der Waals surface area contributed by atoms with Crippen LogP contribution in [-0.4, -0.2) is 15.9 Å². The molecule has 0 fully saturated rings. The Kier molecular flexibility index (Phi) is 4.56. The Bertz CT molecular complexity index is 1130. The van der Waals surface area contributed by atoms with Crippen molar-refractivity contribution in [2.45, 2.75) is 0 Å². The largest absolute Gasteiger partial charge is 0.545 e. The number of carbonyl (C=O) groups is 1. The highest BCUT2D eigenvalue weighted by Crippen LogP contribution is 2.30. The predicted molar refractivity (Wildman–Crippen MR) is 107 cm³/mol. The molecule has 0 amide bonds. The molecule has 0 aliphatic rings. The number of halogens is 1. The number of aromatic nitrogens is 2. The number of benzene rings is 3. The molecule has 0 unspecified atom stereocenters. The first-order valence-electron chi connectivity index (χ1n) is 8.21. The molecular formula is C21H13BrN3O2-. The van der Waals surface area contributed by atoms with E-state index >= 15 is 0 Å². The number of fused-ring (bicyclic) bond motifs is 1. The molecule has 0 radical (unpaired) electrons. The Hall–Kier alpha value is -3.25. The zero-order chi connectivity index (χ0) is 18.8. The highest BCUT2D eigenvalue weighted by atomic mass is 79.9. The topological polar surface area (TPSA) is 77.9 Å². The van der Waals surface area contributed by atoms with Crippen molar-refractivity contribution in [1.82, 2.24) is 9.97 Å². The van der Waals surface area contributed by atoms with Crippen molar-refractivity contribution in [1.29, 1.82) is 0 Å². The molecule has 1 aromatic heterocycles. The van der Waals surface area contributed by atoms with Gasteiger partial charge >= 0.3 is 0 Å². The third kappa shape index (κ3) is 3.66. The second kappa shape index (κ2) is 7.17. The number of aromatic carboxylic acids is 1. The SMILES string of the molecule is O=C([O-])c1ccc(Nc2nc(-c3ccccc3)c3cc(Br)ccc3n2)cc1. The van der Waals surface area contributed by atoms with Gasteiger partial charge in [0.25, 0.3) is 0 Å². The molecular weight excluding hydrogens is 406 g/mol. The van der Waals surface area contributed by atoms with Crippen LogP contribution in [0.25, 0.3) is 22.2 Å². The first-order chi connectivity index (χ1) is 13.1. The van der Waals surface area contributed by atoms with Crippen LogP contribution in [0, 0.1) is 0 Å². The number of anilines is 2. The maximum atomic E-state index is 10.9. The van der Waals surface area contributed by atoms with Crippen molar-refractivity contribution in [3.63, 3.8) is 0 Å². The summed E-state index contributed by atoms with van der Waals surface area (Å²) in [5.41, 5.74) is 3.42. The van der Waals surface area contributed by atoms with Crippen molar-refractivity contribution in [3.05, 3.63) is 82.8 Å². The number of hydrogen-bond acceptors (Lipinski definition) is 5. The van der Waals surface area contributed by atoms with Crippen LogP contribution in [0.4, 0.5) is 11.6 Å². The van der Waals surface area contributed by atoms with Gasteiger partial charge in [-0.15, -0.1) is 0 Å². The zero-order valence-electron chi connectivity index (χ0n) is 14.0. The molecule has 5 nitrogen and oxygen atoms in total. The molecule has 0 bridgehead atoms. The molecule has 6 heteroatoms. The summed E-state index contributed by atoms with van der Waals surface area (Å²) in [5, 5.41) is 15.0. The van der Waals surface area contributed by atoms with Crippen LogP contribution in [0.5, 0.6) is 0 Å². The quantitative estimate of drug-likeness (QED) is 0.538. The summed E-state index contributed by atoms with van der Waals surface area (Å²) < 4.78 is 0.953. The molecule has 27 heavy (non-hydrogen) atoms. The first kappa shape index (κ1) is 17.2. The van der Waals surface area contributed by atoms with E-state index < -0.39 is 5.97 Å². The van der Waals surface area contributed by atoms with Crippen LogP contribution in [0.2, 0.25) is 0 Å². The summed E-state index contributed by atoms with van der Waals surface area (Å²) in [6.45, 7) is 0. The van der Waals surface area contributed by atoms with Crippen LogP contribution in [-0.2, 0) is 0 Å². The van der Waals surface area contributed by atoms with Crippen molar-refractivity contribution < 1.29 is 9.90 Å². The second-order valence-corrected chi connectivity index (χ2v) is 6.83. The highest BCUT2D eigenvalue weighted by Gasteiger charge is 2.11. The molecule has 0 atom stereocenters. The first-order valence-corrected chi connectivity index (χ1v) is 9.00. The van der Waals surface area contributed by atoms with Gasteiger partial charge in [0.1, 0.15) is 0 Å². The number of carboxylic acid groups (broad SMARTS) is 1. The molecule has 0 aliphatic heterocycles. The minimum absolute atomic E-state index is 0.120. The fourth-order valence-electron chi connectivity index (χ4n) is 2.79. The van der Waals surface area contributed by atoms with E-state index in [1.54, 1.807) is 12.1 Å². The summed E-state index contributed by atoms with van der Waals surface area (Å²) >= 11 is 3.51. The van der Waals surface area contributed by atoms with Gasteiger partial charge < -0.3 is 15.2 Å². The van der Waals surface area contributed by atoms with Crippen LogP contribution in [0.1, 0.15) is 10.4 Å². The lowest BCUT2D eigenvalue weighted by molar-refractivity contribution is -0.255. The maximum Gasteiger partial charge on any atom is 0.228 e. The van der Waals surface area contributed by atoms with Crippen LogP contribution in [0.3, 0.4) is 0 Å². The second-order valence-electron chi connectivity index (χ2n) is 5.91. The molecule has 132 valence electrons. The van der Waals surface area contributed by atoms with E-state index in [1.165, 1.54) is 12.1 Å². The zero-order valence-corrected chi connectivity index (χ0v) is 15.6. The van der Waals surface area contributed by atoms with Gasteiger partial charge in [0, 0.05) is 21.1 Å². The van der Waals surface area contributed by atoms with Crippen LogP contribution < -0.4 is 10.4 Å². The Morgan fingerprint density at radius 3 is 2.37 bits per heavy atom. The third-order valence-electron chi connectivity index (χ3n) is 4.08. The fourth-order valence-corrected chi connectivity index (χ4v) is 3.15. The third-order valence-corrected chi connectivity index (χ3v) is 4.57. The van der Waals surface area contributed by atoms with Crippen LogP contribution >= 0.6 is 15.9 Å². The smallest absolute Gasteiger partial charge is 0.228 e. The van der Waals surface area contributed by atoms with Gasteiger partial charge in [-0.05, 0) is 35.9 Å². The van der Waals surface area contributed by atoms with Gasteiger partial charge in [-0.1, -0.05) is 58.4 Å². The summed E-state index contributed by atoms with van der Waals surface area (Å²) in [7, 11) is 0. The number of rotatable bonds is 4. The van der Waals surface area contributed by atoms with Crippen molar-refractivity contribution >= 4 is 44.4 Å². The Balaban J connectivity index is 1.79. The normalized spacial score (nSPS) is 10.7. The highest BCUT2D eigenvalue weighted by molar-refractivity contribution is 9.10. The van der Waals surface area contributed by atoms with Crippen LogP contribution in [0.15, 0.2) is 77.3 Å². The molecule has 3 aromatic carbocycles. The van der Waals surface area contributed by atoms with E-state index in [0.717, 1.165) is 26.6 Å². The molecule has 1 N–H and O–H groups in total. The van der Waals surface area contributed by atoms with E-state index in [9.17, 15) is 9.90 Å². The number of hydrogen-bond donors (Lipinski definition) is 1. The van der Waals surface area contributed by atoms with E-state index in [2.05, 4.69) is 26.2 Å².